The monoisotopic (exact) mass is 371 g/mol. The molecule has 0 radical (unpaired) electrons. The third-order valence-corrected chi connectivity index (χ3v) is 6.34. The Morgan fingerprint density at radius 1 is 1.00 bits per heavy atom. The van der Waals surface area contributed by atoms with E-state index >= 15 is 0 Å². The summed E-state index contributed by atoms with van der Waals surface area (Å²) in [4.78, 5) is 18.5. The first-order valence-corrected chi connectivity index (χ1v) is 9.63. The molecule has 1 saturated heterocycles. The molecule has 0 bridgehead atoms. The van der Waals surface area contributed by atoms with Gasteiger partial charge in [-0.3, -0.25) is 9.78 Å². The fourth-order valence-corrected chi connectivity index (χ4v) is 4.44. The number of piperazine rings is 1. The second-order valence-corrected chi connectivity index (χ2v) is 7.91. The molecule has 0 spiro atoms. The van der Waals surface area contributed by atoms with Crippen molar-refractivity contribution in [2.24, 2.45) is 0 Å². The van der Waals surface area contributed by atoms with Crippen molar-refractivity contribution in [3.63, 3.8) is 0 Å². The first kappa shape index (κ1) is 16.7. The molecule has 8 nitrogen and oxygen atoms in total. The van der Waals surface area contributed by atoms with Crippen LogP contribution in [-0.4, -0.2) is 64.3 Å². The lowest BCUT2D eigenvalue weighted by Crippen LogP contribution is -2.50. The molecule has 0 aliphatic carbocycles. The topological polar surface area (TPSA) is 87.9 Å². The predicted octanol–water partition coefficient (Wildman–Crippen LogP) is 0.876. The molecule has 3 aromatic rings. The van der Waals surface area contributed by atoms with Gasteiger partial charge >= 0.3 is 0 Å². The van der Waals surface area contributed by atoms with Crippen molar-refractivity contribution in [2.45, 2.75) is 4.90 Å². The zero-order valence-electron chi connectivity index (χ0n) is 13.9. The molecule has 1 aliphatic rings. The van der Waals surface area contributed by atoms with Crippen LogP contribution in [0.25, 0.3) is 5.52 Å². The van der Waals surface area contributed by atoms with Gasteiger partial charge in [-0.25, -0.2) is 12.9 Å². The van der Waals surface area contributed by atoms with E-state index in [0.29, 0.717) is 18.7 Å². The Hall–Kier alpha value is -2.78. The number of aromatic nitrogens is 3. The molecule has 1 amide bonds. The molecule has 26 heavy (non-hydrogen) atoms. The van der Waals surface area contributed by atoms with Crippen LogP contribution in [0.15, 0.2) is 60.0 Å². The molecule has 0 N–H and O–H groups in total. The van der Waals surface area contributed by atoms with Crippen molar-refractivity contribution in [2.75, 3.05) is 26.2 Å². The highest BCUT2D eigenvalue weighted by Crippen LogP contribution is 2.19. The third-order valence-electron chi connectivity index (χ3n) is 4.45. The van der Waals surface area contributed by atoms with Gasteiger partial charge in [0.1, 0.15) is 4.90 Å². The van der Waals surface area contributed by atoms with E-state index in [1.165, 1.54) is 22.8 Å². The number of pyridine rings is 2. The lowest BCUT2D eigenvalue weighted by Gasteiger charge is -2.33. The largest absolute Gasteiger partial charge is 0.336 e. The molecular formula is C17H17N5O3S. The summed E-state index contributed by atoms with van der Waals surface area (Å²) in [6.45, 7) is 1.18. The smallest absolute Gasteiger partial charge is 0.257 e. The molecule has 0 aromatic carbocycles. The Morgan fingerprint density at radius 2 is 1.81 bits per heavy atom. The van der Waals surface area contributed by atoms with E-state index in [9.17, 15) is 13.2 Å². The van der Waals surface area contributed by atoms with E-state index in [1.54, 1.807) is 27.9 Å². The van der Waals surface area contributed by atoms with E-state index in [4.69, 9.17) is 0 Å². The van der Waals surface area contributed by atoms with Crippen molar-refractivity contribution in [3.8, 4) is 0 Å². The van der Waals surface area contributed by atoms with Gasteiger partial charge in [-0.15, -0.1) is 0 Å². The van der Waals surface area contributed by atoms with Crippen LogP contribution in [0.2, 0.25) is 0 Å². The van der Waals surface area contributed by atoms with Crippen LogP contribution in [0.4, 0.5) is 0 Å². The van der Waals surface area contributed by atoms with Crippen LogP contribution in [0, 0.1) is 0 Å². The molecular weight excluding hydrogens is 354 g/mol. The quantitative estimate of drug-likeness (QED) is 0.682. The van der Waals surface area contributed by atoms with Gasteiger partial charge in [-0.05, 0) is 24.3 Å². The standard InChI is InChI=1S/C17H17N5O3S/c23-17(15-13-19-22-7-2-1-5-16(15)22)20-8-10-21(11-9-20)26(24,25)14-4-3-6-18-12-14/h1-7,12-13H,8-11H2. The van der Waals surface area contributed by atoms with Gasteiger partial charge in [0.05, 0.1) is 17.3 Å². The van der Waals surface area contributed by atoms with Crippen LogP contribution in [-0.2, 0) is 10.0 Å². The number of carbonyl (C=O) groups excluding carboxylic acids is 1. The van der Waals surface area contributed by atoms with Crippen LogP contribution in [0.1, 0.15) is 10.4 Å². The number of sulfonamides is 1. The summed E-state index contributed by atoms with van der Waals surface area (Å²) in [6, 6.07) is 8.66. The van der Waals surface area contributed by atoms with Crippen LogP contribution >= 0.6 is 0 Å². The van der Waals surface area contributed by atoms with Crippen molar-refractivity contribution in [1.82, 2.24) is 23.8 Å². The highest BCUT2D eigenvalue weighted by Gasteiger charge is 2.31. The second-order valence-electron chi connectivity index (χ2n) is 5.97. The molecule has 0 saturated carbocycles. The molecule has 134 valence electrons. The second kappa shape index (κ2) is 6.50. The molecule has 0 atom stereocenters. The number of carbonyl (C=O) groups is 1. The first-order chi connectivity index (χ1) is 12.6. The maximum Gasteiger partial charge on any atom is 0.257 e. The zero-order valence-corrected chi connectivity index (χ0v) is 14.7. The lowest BCUT2D eigenvalue weighted by atomic mass is 10.2. The minimum absolute atomic E-state index is 0.135. The molecule has 4 rings (SSSR count). The maximum absolute atomic E-state index is 12.8. The van der Waals surface area contributed by atoms with Crippen LogP contribution in [0.5, 0.6) is 0 Å². The Balaban J connectivity index is 1.49. The van der Waals surface area contributed by atoms with Gasteiger partial charge in [-0.1, -0.05) is 6.07 Å². The zero-order chi connectivity index (χ0) is 18.1. The normalized spacial score (nSPS) is 16.1. The fourth-order valence-electron chi connectivity index (χ4n) is 3.05. The van der Waals surface area contributed by atoms with Crippen molar-refractivity contribution in [3.05, 3.63) is 60.7 Å². The summed E-state index contributed by atoms with van der Waals surface area (Å²) in [5.74, 6) is -0.135. The molecule has 1 fully saturated rings. The number of rotatable bonds is 3. The van der Waals surface area contributed by atoms with Crippen molar-refractivity contribution >= 4 is 21.4 Å². The molecule has 0 unspecified atom stereocenters. The fraction of sp³-hybridized carbons (Fsp3) is 0.235. The van der Waals surface area contributed by atoms with Crippen LogP contribution in [0.3, 0.4) is 0 Å². The molecule has 9 heteroatoms. The summed E-state index contributed by atoms with van der Waals surface area (Å²) in [5, 5.41) is 4.18. The Kier molecular flexibility index (Phi) is 4.17. The average Bonchev–Trinajstić information content (AvgIpc) is 3.12. The van der Waals surface area contributed by atoms with E-state index in [2.05, 4.69) is 10.1 Å². The Labute approximate surface area is 150 Å². The van der Waals surface area contributed by atoms with E-state index in [1.807, 2.05) is 18.2 Å². The number of hydrogen-bond donors (Lipinski definition) is 0. The highest BCUT2D eigenvalue weighted by atomic mass is 32.2. The highest BCUT2D eigenvalue weighted by molar-refractivity contribution is 7.89. The minimum Gasteiger partial charge on any atom is -0.336 e. The maximum atomic E-state index is 12.8. The predicted molar refractivity (Wildman–Crippen MR) is 94.1 cm³/mol. The average molecular weight is 371 g/mol. The van der Waals surface area contributed by atoms with E-state index < -0.39 is 10.0 Å². The van der Waals surface area contributed by atoms with Crippen molar-refractivity contribution in [1.29, 1.82) is 0 Å². The summed E-state index contributed by atoms with van der Waals surface area (Å²) in [6.07, 6.45) is 6.21. The summed E-state index contributed by atoms with van der Waals surface area (Å²) < 4.78 is 28.3. The van der Waals surface area contributed by atoms with Crippen molar-refractivity contribution < 1.29 is 13.2 Å². The van der Waals surface area contributed by atoms with Crippen LogP contribution < -0.4 is 0 Å². The van der Waals surface area contributed by atoms with E-state index in [0.717, 1.165) is 5.52 Å². The first-order valence-electron chi connectivity index (χ1n) is 8.19. The Morgan fingerprint density at radius 3 is 2.54 bits per heavy atom. The van der Waals surface area contributed by atoms with Gasteiger partial charge in [0.25, 0.3) is 5.91 Å². The number of fused-ring (bicyclic) bond motifs is 1. The number of nitrogens with zero attached hydrogens (tertiary/aromatic N) is 5. The summed E-state index contributed by atoms with van der Waals surface area (Å²) in [5.41, 5.74) is 1.26. The van der Waals surface area contributed by atoms with Gasteiger partial charge in [0.2, 0.25) is 10.0 Å². The third kappa shape index (κ3) is 2.85. The molecule has 4 heterocycles. The van der Waals surface area contributed by atoms with Gasteiger partial charge in [-0.2, -0.15) is 9.40 Å². The van der Waals surface area contributed by atoms with E-state index in [-0.39, 0.29) is 23.9 Å². The molecule has 1 aliphatic heterocycles. The minimum atomic E-state index is -3.58. The van der Waals surface area contributed by atoms with Gasteiger partial charge in [0, 0.05) is 44.8 Å². The lowest BCUT2D eigenvalue weighted by molar-refractivity contribution is 0.0700. The SMILES string of the molecule is O=C(c1cnn2ccccc12)N1CCN(S(=O)(=O)c2cccnc2)CC1. The Bertz CT molecular complexity index is 1040. The summed E-state index contributed by atoms with van der Waals surface area (Å²) >= 11 is 0. The summed E-state index contributed by atoms with van der Waals surface area (Å²) in [7, 11) is -3.58. The number of amides is 1. The van der Waals surface area contributed by atoms with Gasteiger partial charge < -0.3 is 4.90 Å². The molecule has 3 aromatic heterocycles. The number of hydrogen-bond acceptors (Lipinski definition) is 5. The van der Waals surface area contributed by atoms with Gasteiger partial charge in [0.15, 0.2) is 0 Å².